The molecule has 1 aliphatic heterocycles. The normalized spacial score (nSPS) is 18.6. The maximum atomic E-state index is 12.3. The molecule has 1 heterocycles. The van der Waals surface area contributed by atoms with Crippen molar-refractivity contribution < 1.29 is 13.2 Å². The smallest absolute Gasteiger partial charge is 0.309 e. The highest BCUT2D eigenvalue weighted by Gasteiger charge is 2.41. The van der Waals surface area contributed by atoms with Gasteiger partial charge >= 0.3 is 6.18 Å². The number of unbranched alkanes of at least 4 members (excludes halogenated alkanes) is 1. The Hall–Kier alpha value is -1.11. The van der Waals surface area contributed by atoms with Crippen molar-refractivity contribution in [3.8, 4) is 0 Å². The monoisotopic (exact) mass is 250 g/mol. The van der Waals surface area contributed by atoms with Gasteiger partial charge in [-0.1, -0.05) is 13.3 Å². The number of nitrogens with one attached hydrogen (secondary N) is 2. The molecule has 1 fully saturated rings. The van der Waals surface area contributed by atoms with Gasteiger partial charge in [-0.15, -0.1) is 0 Å². The molecule has 0 aromatic rings. The van der Waals surface area contributed by atoms with Gasteiger partial charge in [0.1, 0.15) is 5.84 Å². The topological polar surface area (TPSA) is 54.2 Å². The summed E-state index contributed by atoms with van der Waals surface area (Å²) in [6.07, 6.45) is -2.67. The van der Waals surface area contributed by atoms with Crippen LogP contribution >= 0.6 is 0 Å². The van der Waals surface area contributed by atoms with Gasteiger partial charge in [-0.25, -0.2) is 0 Å². The molecule has 0 aromatic carbocycles. The molecule has 0 aliphatic carbocycles. The predicted molar refractivity (Wildman–Crippen MR) is 59.6 cm³/mol. The fraction of sp³-hybridized carbons (Fsp3) is 0.800. The predicted octanol–water partition coefficient (Wildman–Crippen LogP) is 1.92. The van der Waals surface area contributed by atoms with E-state index in [4.69, 9.17) is 10.8 Å². The Labute approximate surface area is 98.4 Å². The minimum absolute atomic E-state index is 0.0703. The second-order valence-electron chi connectivity index (χ2n) is 4.07. The van der Waals surface area contributed by atoms with Crippen LogP contribution in [0.5, 0.6) is 0 Å². The third kappa shape index (κ3) is 3.69. The van der Waals surface area contributed by atoms with Crippen LogP contribution in [0.3, 0.4) is 0 Å². The zero-order chi connectivity index (χ0) is 13.1. The minimum atomic E-state index is -4.67. The van der Waals surface area contributed by atoms with E-state index in [1.807, 2.05) is 11.8 Å². The van der Waals surface area contributed by atoms with E-state index in [2.05, 4.69) is 0 Å². The van der Waals surface area contributed by atoms with E-state index >= 15 is 0 Å². The summed E-state index contributed by atoms with van der Waals surface area (Å²) in [4.78, 5) is 2.69. The number of halogens is 3. The highest BCUT2D eigenvalue weighted by molar-refractivity contribution is 6.01. The van der Waals surface area contributed by atoms with Crippen LogP contribution in [0.4, 0.5) is 13.2 Å². The lowest BCUT2D eigenvalue weighted by Gasteiger charge is -2.36. The zero-order valence-electron chi connectivity index (χ0n) is 9.77. The van der Waals surface area contributed by atoms with Crippen molar-refractivity contribution >= 4 is 11.7 Å². The van der Waals surface area contributed by atoms with Gasteiger partial charge in [0, 0.05) is 13.1 Å². The summed E-state index contributed by atoms with van der Waals surface area (Å²) in [5, 5.41) is 14.6. The Bertz CT molecular complexity index is 300. The molecule has 4 nitrogen and oxygen atoms in total. The van der Waals surface area contributed by atoms with Crippen LogP contribution in [-0.2, 0) is 0 Å². The first kappa shape index (κ1) is 14.0. The summed E-state index contributed by atoms with van der Waals surface area (Å²) in [6, 6.07) is 0. The first-order valence-corrected chi connectivity index (χ1v) is 5.59. The van der Waals surface area contributed by atoms with Gasteiger partial charge in [0.05, 0.1) is 6.54 Å². The molecule has 2 N–H and O–H groups in total. The Kier molecular flexibility index (Phi) is 4.50. The van der Waals surface area contributed by atoms with Gasteiger partial charge in [0.2, 0.25) is 5.84 Å². The van der Waals surface area contributed by atoms with Crippen molar-refractivity contribution in [2.45, 2.75) is 25.9 Å². The van der Waals surface area contributed by atoms with Gasteiger partial charge in [-0.3, -0.25) is 15.7 Å². The van der Waals surface area contributed by atoms with Crippen molar-refractivity contribution in [1.29, 1.82) is 10.8 Å². The summed E-state index contributed by atoms with van der Waals surface area (Å²) >= 11 is 0. The lowest BCUT2D eigenvalue weighted by Crippen LogP contribution is -2.55. The SMILES string of the molecule is CCCCN1CCN(C(=N)C(F)(F)F)C(=N)C1. The summed E-state index contributed by atoms with van der Waals surface area (Å²) in [5.74, 6) is -1.58. The van der Waals surface area contributed by atoms with E-state index in [9.17, 15) is 13.2 Å². The molecule has 0 amide bonds. The van der Waals surface area contributed by atoms with Gasteiger partial charge < -0.3 is 4.90 Å². The number of alkyl halides is 3. The average Bonchev–Trinajstić information content (AvgIpc) is 2.24. The third-order valence-corrected chi connectivity index (χ3v) is 2.71. The molecule has 0 aromatic heterocycles. The summed E-state index contributed by atoms with van der Waals surface area (Å²) in [7, 11) is 0. The molecule has 0 spiro atoms. The molecule has 0 bridgehead atoms. The maximum Gasteiger partial charge on any atom is 0.449 e. The third-order valence-electron chi connectivity index (χ3n) is 2.71. The first-order valence-electron chi connectivity index (χ1n) is 5.59. The van der Waals surface area contributed by atoms with Crippen LogP contribution in [0.2, 0.25) is 0 Å². The summed E-state index contributed by atoms with van der Waals surface area (Å²) < 4.78 is 37.0. The van der Waals surface area contributed by atoms with Crippen LogP contribution in [0, 0.1) is 10.8 Å². The number of rotatable bonds is 3. The van der Waals surface area contributed by atoms with Gasteiger partial charge in [0.15, 0.2) is 0 Å². The van der Waals surface area contributed by atoms with E-state index in [-0.39, 0.29) is 18.9 Å². The quantitative estimate of drug-likeness (QED) is 0.594. The molecular formula is C10H17F3N4. The van der Waals surface area contributed by atoms with Crippen molar-refractivity contribution in [3.05, 3.63) is 0 Å². The van der Waals surface area contributed by atoms with E-state index in [1.54, 1.807) is 0 Å². The fourth-order valence-electron chi connectivity index (χ4n) is 1.72. The van der Waals surface area contributed by atoms with Crippen LogP contribution in [0.15, 0.2) is 0 Å². The van der Waals surface area contributed by atoms with Gasteiger partial charge in [-0.2, -0.15) is 13.2 Å². The Balaban J connectivity index is 2.54. The Morgan fingerprint density at radius 3 is 2.47 bits per heavy atom. The molecule has 7 heteroatoms. The van der Waals surface area contributed by atoms with Crippen molar-refractivity contribution in [3.63, 3.8) is 0 Å². The number of piperazine rings is 1. The van der Waals surface area contributed by atoms with Crippen LogP contribution in [0.25, 0.3) is 0 Å². The molecule has 17 heavy (non-hydrogen) atoms. The maximum absolute atomic E-state index is 12.3. The number of amidine groups is 2. The van der Waals surface area contributed by atoms with E-state index < -0.39 is 12.0 Å². The van der Waals surface area contributed by atoms with Crippen LogP contribution in [0.1, 0.15) is 19.8 Å². The first-order chi connectivity index (χ1) is 7.86. The fourth-order valence-corrected chi connectivity index (χ4v) is 1.72. The van der Waals surface area contributed by atoms with Crippen LogP contribution < -0.4 is 0 Å². The molecule has 1 aliphatic rings. The standard InChI is InChI=1S/C10H17F3N4/c1-2-3-4-16-5-6-17(8(14)7-16)9(15)10(11,12)13/h14-15H,2-7H2,1H3. The zero-order valence-corrected chi connectivity index (χ0v) is 9.77. The second kappa shape index (κ2) is 5.48. The van der Waals surface area contributed by atoms with E-state index in [0.29, 0.717) is 6.54 Å². The Morgan fingerprint density at radius 2 is 2.00 bits per heavy atom. The molecule has 0 saturated carbocycles. The molecule has 1 saturated heterocycles. The van der Waals surface area contributed by atoms with Gasteiger partial charge in [0.25, 0.3) is 0 Å². The second-order valence-corrected chi connectivity index (χ2v) is 4.07. The average molecular weight is 250 g/mol. The molecule has 0 atom stereocenters. The summed E-state index contributed by atoms with van der Waals surface area (Å²) in [5.41, 5.74) is 0. The van der Waals surface area contributed by atoms with Crippen molar-refractivity contribution in [2.75, 3.05) is 26.2 Å². The number of hydrogen-bond donors (Lipinski definition) is 2. The van der Waals surface area contributed by atoms with E-state index in [1.165, 1.54) is 0 Å². The van der Waals surface area contributed by atoms with Crippen molar-refractivity contribution in [2.24, 2.45) is 0 Å². The lowest BCUT2D eigenvalue weighted by molar-refractivity contribution is -0.0677. The molecular weight excluding hydrogens is 233 g/mol. The minimum Gasteiger partial charge on any atom is -0.309 e. The highest BCUT2D eigenvalue weighted by atomic mass is 19.4. The molecule has 1 rings (SSSR count). The molecule has 98 valence electrons. The molecule has 0 unspecified atom stereocenters. The lowest BCUT2D eigenvalue weighted by atomic mass is 10.2. The Morgan fingerprint density at radius 1 is 1.35 bits per heavy atom. The van der Waals surface area contributed by atoms with Gasteiger partial charge in [-0.05, 0) is 13.0 Å². The number of hydrogen-bond acceptors (Lipinski definition) is 3. The highest BCUT2D eigenvalue weighted by Crippen LogP contribution is 2.20. The van der Waals surface area contributed by atoms with Crippen LogP contribution in [-0.4, -0.2) is 53.8 Å². The summed E-state index contributed by atoms with van der Waals surface area (Å²) in [6.45, 7) is 3.58. The largest absolute Gasteiger partial charge is 0.449 e. The van der Waals surface area contributed by atoms with E-state index in [0.717, 1.165) is 24.3 Å². The number of nitrogens with zero attached hydrogens (tertiary/aromatic N) is 2. The van der Waals surface area contributed by atoms with Crippen molar-refractivity contribution in [1.82, 2.24) is 9.80 Å². The molecule has 0 radical (unpaired) electrons.